The van der Waals surface area contributed by atoms with E-state index in [2.05, 4.69) is 20.8 Å². The Labute approximate surface area is 83.3 Å². The van der Waals surface area contributed by atoms with Crippen molar-refractivity contribution >= 4 is 5.91 Å². The molecular weight excluding hydrogens is 162 g/mol. The molecule has 0 bridgehead atoms. The van der Waals surface area contributed by atoms with Gasteiger partial charge >= 0.3 is 0 Å². The van der Waals surface area contributed by atoms with Gasteiger partial charge in [-0.1, -0.05) is 34.6 Å². The first kappa shape index (κ1) is 15.0. The monoisotopic (exact) mass is 187 g/mol. The van der Waals surface area contributed by atoms with Crippen molar-refractivity contribution in [1.82, 2.24) is 4.90 Å². The molecule has 0 atom stereocenters. The van der Waals surface area contributed by atoms with E-state index in [0.29, 0.717) is 5.92 Å². The van der Waals surface area contributed by atoms with Gasteiger partial charge in [-0.3, -0.25) is 4.79 Å². The van der Waals surface area contributed by atoms with Gasteiger partial charge in [0.15, 0.2) is 0 Å². The zero-order chi connectivity index (χ0) is 9.56. The highest BCUT2D eigenvalue weighted by molar-refractivity contribution is 5.73. The second-order valence-corrected chi connectivity index (χ2v) is 3.71. The number of unbranched alkanes of at least 4 members (excludes halogenated alkanes) is 1. The molecule has 0 aliphatic carbocycles. The Morgan fingerprint density at radius 2 is 1.92 bits per heavy atom. The van der Waals surface area contributed by atoms with E-state index in [9.17, 15) is 4.79 Å². The van der Waals surface area contributed by atoms with Crippen LogP contribution in [0.25, 0.3) is 0 Å². The molecule has 0 heterocycles. The van der Waals surface area contributed by atoms with Gasteiger partial charge in [-0.15, -0.1) is 0 Å². The molecule has 13 heavy (non-hydrogen) atoms. The van der Waals surface area contributed by atoms with Crippen molar-refractivity contribution in [3.05, 3.63) is 0 Å². The van der Waals surface area contributed by atoms with E-state index < -0.39 is 0 Å². The number of nitrogens with zero attached hydrogens (tertiary/aromatic N) is 1. The topological polar surface area (TPSA) is 20.3 Å². The Kier molecular flexibility index (Phi) is 9.31. The van der Waals surface area contributed by atoms with E-state index in [0.717, 1.165) is 25.9 Å². The molecule has 0 aromatic rings. The second-order valence-electron chi connectivity index (χ2n) is 3.71. The lowest BCUT2D eigenvalue weighted by Crippen LogP contribution is -2.33. The van der Waals surface area contributed by atoms with Crippen LogP contribution in [0.4, 0.5) is 0 Å². The maximum Gasteiger partial charge on any atom is 0.219 e. The fourth-order valence-electron chi connectivity index (χ4n) is 1.17. The molecule has 0 saturated heterocycles. The molecule has 0 radical (unpaired) electrons. The van der Waals surface area contributed by atoms with Crippen LogP contribution in [0, 0.1) is 5.92 Å². The third kappa shape index (κ3) is 7.82. The SMILES string of the molecule is C.CCCCN(CC(C)C)C(C)=O. The molecule has 0 aromatic heterocycles. The smallest absolute Gasteiger partial charge is 0.219 e. The van der Waals surface area contributed by atoms with E-state index >= 15 is 0 Å². The van der Waals surface area contributed by atoms with Gasteiger partial charge in [0.1, 0.15) is 0 Å². The van der Waals surface area contributed by atoms with Gasteiger partial charge < -0.3 is 4.90 Å². The van der Waals surface area contributed by atoms with Crippen molar-refractivity contribution in [3.63, 3.8) is 0 Å². The van der Waals surface area contributed by atoms with Crippen molar-refractivity contribution in [2.45, 2.75) is 48.0 Å². The first-order chi connectivity index (χ1) is 5.57. The van der Waals surface area contributed by atoms with Gasteiger partial charge in [0.05, 0.1) is 0 Å². The molecule has 0 saturated carbocycles. The van der Waals surface area contributed by atoms with Crippen LogP contribution in [0.2, 0.25) is 0 Å². The number of carbonyl (C=O) groups excluding carboxylic acids is 1. The summed E-state index contributed by atoms with van der Waals surface area (Å²) >= 11 is 0. The lowest BCUT2D eigenvalue weighted by atomic mass is 10.2. The number of carbonyl (C=O) groups is 1. The molecule has 0 fully saturated rings. The highest BCUT2D eigenvalue weighted by Gasteiger charge is 2.08. The van der Waals surface area contributed by atoms with Crippen LogP contribution in [-0.2, 0) is 4.79 Å². The van der Waals surface area contributed by atoms with Gasteiger partial charge in [-0.25, -0.2) is 0 Å². The van der Waals surface area contributed by atoms with Crippen LogP contribution in [-0.4, -0.2) is 23.9 Å². The van der Waals surface area contributed by atoms with Crippen molar-refractivity contribution < 1.29 is 4.79 Å². The first-order valence-electron chi connectivity index (χ1n) is 4.83. The van der Waals surface area contributed by atoms with Crippen molar-refractivity contribution in [1.29, 1.82) is 0 Å². The summed E-state index contributed by atoms with van der Waals surface area (Å²) in [5.41, 5.74) is 0. The Bertz CT molecular complexity index is 132. The summed E-state index contributed by atoms with van der Waals surface area (Å²) in [6.45, 7) is 9.90. The third-order valence-electron chi connectivity index (χ3n) is 1.81. The third-order valence-corrected chi connectivity index (χ3v) is 1.81. The summed E-state index contributed by atoms with van der Waals surface area (Å²) in [5, 5.41) is 0. The first-order valence-corrected chi connectivity index (χ1v) is 4.83. The maximum atomic E-state index is 11.1. The summed E-state index contributed by atoms with van der Waals surface area (Å²) in [6, 6.07) is 0. The Balaban J connectivity index is 0. The van der Waals surface area contributed by atoms with Crippen LogP contribution in [0.1, 0.15) is 48.0 Å². The fraction of sp³-hybridized carbons (Fsp3) is 0.909. The molecular formula is C11H25NO. The van der Waals surface area contributed by atoms with Crippen LogP contribution < -0.4 is 0 Å². The van der Waals surface area contributed by atoms with Gasteiger partial charge in [-0.05, 0) is 12.3 Å². The lowest BCUT2D eigenvalue weighted by molar-refractivity contribution is -0.129. The number of rotatable bonds is 5. The maximum absolute atomic E-state index is 11.1. The van der Waals surface area contributed by atoms with E-state index in [1.165, 1.54) is 0 Å². The van der Waals surface area contributed by atoms with Crippen molar-refractivity contribution in [3.8, 4) is 0 Å². The summed E-state index contributed by atoms with van der Waals surface area (Å²) < 4.78 is 0. The minimum Gasteiger partial charge on any atom is -0.343 e. The standard InChI is InChI=1S/C10H21NO.CH4/c1-5-6-7-11(10(4)12)8-9(2)3;/h9H,5-8H2,1-4H3;1H4. The van der Waals surface area contributed by atoms with Crippen LogP contribution >= 0.6 is 0 Å². The van der Waals surface area contributed by atoms with Crippen LogP contribution in [0.5, 0.6) is 0 Å². The van der Waals surface area contributed by atoms with Gasteiger partial charge in [-0.2, -0.15) is 0 Å². The Hall–Kier alpha value is -0.530. The van der Waals surface area contributed by atoms with E-state index in [4.69, 9.17) is 0 Å². The average Bonchev–Trinajstić information content (AvgIpc) is 1.96. The molecule has 0 N–H and O–H groups in total. The minimum atomic E-state index is 0. The number of hydrogen-bond acceptors (Lipinski definition) is 1. The zero-order valence-electron chi connectivity index (χ0n) is 8.76. The fourth-order valence-corrected chi connectivity index (χ4v) is 1.17. The summed E-state index contributed by atoms with van der Waals surface area (Å²) in [4.78, 5) is 13.0. The second kappa shape index (κ2) is 8.09. The van der Waals surface area contributed by atoms with E-state index in [1.807, 2.05) is 4.90 Å². The molecule has 0 rings (SSSR count). The summed E-state index contributed by atoms with van der Waals surface area (Å²) in [7, 11) is 0. The molecule has 80 valence electrons. The largest absolute Gasteiger partial charge is 0.343 e. The van der Waals surface area contributed by atoms with Crippen LogP contribution in [0.15, 0.2) is 0 Å². The average molecular weight is 187 g/mol. The molecule has 2 heteroatoms. The molecule has 0 unspecified atom stereocenters. The normalized spacial score (nSPS) is 9.62. The summed E-state index contributed by atoms with van der Waals surface area (Å²) in [5.74, 6) is 0.780. The van der Waals surface area contributed by atoms with E-state index in [-0.39, 0.29) is 13.3 Å². The molecule has 1 amide bonds. The number of amides is 1. The lowest BCUT2D eigenvalue weighted by Gasteiger charge is -2.22. The van der Waals surface area contributed by atoms with Gasteiger partial charge in [0, 0.05) is 20.0 Å². The zero-order valence-corrected chi connectivity index (χ0v) is 8.76. The predicted molar refractivity (Wildman–Crippen MR) is 58.7 cm³/mol. The quantitative estimate of drug-likeness (QED) is 0.648. The Morgan fingerprint density at radius 1 is 1.38 bits per heavy atom. The minimum absolute atomic E-state index is 0. The van der Waals surface area contributed by atoms with E-state index in [1.54, 1.807) is 6.92 Å². The van der Waals surface area contributed by atoms with Crippen molar-refractivity contribution in [2.24, 2.45) is 5.92 Å². The number of hydrogen-bond donors (Lipinski definition) is 0. The van der Waals surface area contributed by atoms with Gasteiger partial charge in [0.25, 0.3) is 0 Å². The van der Waals surface area contributed by atoms with Crippen molar-refractivity contribution in [2.75, 3.05) is 13.1 Å². The summed E-state index contributed by atoms with van der Waals surface area (Å²) in [6.07, 6.45) is 2.27. The molecule has 0 spiro atoms. The highest BCUT2D eigenvalue weighted by Crippen LogP contribution is 2.01. The van der Waals surface area contributed by atoms with Gasteiger partial charge in [0.2, 0.25) is 5.91 Å². The molecule has 0 aliphatic heterocycles. The van der Waals surface area contributed by atoms with Crippen LogP contribution in [0.3, 0.4) is 0 Å². The highest BCUT2D eigenvalue weighted by atomic mass is 16.2. The molecule has 2 nitrogen and oxygen atoms in total. The molecule has 0 aromatic carbocycles. The Morgan fingerprint density at radius 3 is 2.23 bits per heavy atom. The molecule has 0 aliphatic rings. The predicted octanol–water partition coefficient (Wildman–Crippen LogP) is 2.93.